The molecule has 0 unspecified atom stereocenters. The third-order valence-corrected chi connectivity index (χ3v) is 5.01. The molecule has 0 aliphatic heterocycles. The molecule has 0 saturated heterocycles. The summed E-state index contributed by atoms with van der Waals surface area (Å²) in [6.45, 7) is 2.06. The van der Waals surface area contributed by atoms with Crippen molar-refractivity contribution in [1.82, 2.24) is 15.1 Å². The van der Waals surface area contributed by atoms with E-state index in [2.05, 4.69) is 10.4 Å². The second-order valence-electron chi connectivity index (χ2n) is 7.26. The molecule has 1 N–H and O–H groups in total. The van der Waals surface area contributed by atoms with Gasteiger partial charge in [0.05, 0.1) is 11.4 Å². The minimum absolute atomic E-state index is 0.330. The average Bonchev–Trinajstić information content (AvgIpc) is 3.50. The number of aromatic nitrogens is 2. The fourth-order valence-corrected chi connectivity index (χ4v) is 3.15. The van der Waals surface area contributed by atoms with Crippen molar-refractivity contribution in [2.45, 2.75) is 32.2 Å². The topological polar surface area (TPSA) is 73.2 Å². The first-order valence-corrected chi connectivity index (χ1v) is 9.75. The molecular weight excluding hydrogens is 366 g/mol. The number of rotatable bonds is 7. The summed E-state index contributed by atoms with van der Waals surface area (Å²) < 4.78 is 6.87. The number of ether oxygens (including phenoxy) is 1. The van der Waals surface area contributed by atoms with Crippen LogP contribution in [0.4, 0.5) is 0 Å². The zero-order valence-electron chi connectivity index (χ0n) is 16.3. The molecule has 6 nitrogen and oxygen atoms in total. The molecule has 6 heteroatoms. The summed E-state index contributed by atoms with van der Waals surface area (Å²) in [6, 6.07) is 19.1. The molecule has 1 aliphatic rings. The molecule has 148 valence electrons. The van der Waals surface area contributed by atoms with Gasteiger partial charge in [0.2, 0.25) is 0 Å². The van der Waals surface area contributed by atoms with Gasteiger partial charge in [0.1, 0.15) is 0 Å². The number of hydrogen-bond donors (Lipinski definition) is 1. The fourth-order valence-electron chi connectivity index (χ4n) is 3.15. The van der Waals surface area contributed by atoms with E-state index in [1.165, 1.54) is 0 Å². The van der Waals surface area contributed by atoms with Crippen molar-refractivity contribution in [3.05, 3.63) is 83.2 Å². The maximum atomic E-state index is 12.7. The zero-order valence-corrected chi connectivity index (χ0v) is 16.3. The summed E-state index contributed by atoms with van der Waals surface area (Å²) in [5.41, 5.74) is 4.15. The van der Waals surface area contributed by atoms with Crippen molar-refractivity contribution >= 4 is 11.9 Å². The van der Waals surface area contributed by atoms with E-state index in [-0.39, 0.29) is 12.5 Å². The van der Waals surface area contributed by atoms with Gasteiger partial charge in [-0.3, -0.25) is 4.79 Å². The predicted molar refractivity (Wildman–Crippen MR) is 109 cm³/mol. The lowest BCUT2D eigenvalue weighted by Crippen LogP contribution is -2.29. The van der Waals surface area contributed by atoms with Crippen LogP contribution in [0.1, 0.15) is 46.1 Å². The van der Waals surface area contributed by atoms with Crippen LogP contribution in [0, 0.1) is 6.92 Å². The molecule has 2 aromatic carbocycles. The van der Waals surface area contributed by atoms with Gasteiger partial charge in [-0.05, 0) is 49.1 Å². The number of benzene rings is 2. The molecule has 0 bridgehead atoms. The Morgan fingerprint density at radius 2 is 1.83 bits per heavy atom. The highest BCUT2D eigenvalue weighted by Crippen LogP contribution is 2.39. The normalized spacial score (nSPS) is 13.1. The van der Waals surface area contributed by atoms with Crippen LogP contribution in [0.25, 0.3) is 5.69 Å². The van der Waals surface area contributed by atoms with E-state index in [4.69, 9.17) is 4.74 Å². The van der Waals surface area contributed by atoms with Gasteiger partial charge >= 0.3 is 5.97 Å². The summed E-state index contributed by atoms with van der Waals surface area (Å²) in [5.74, 6) is -0.488. The van der Waals surface area contributed by atoms with Crippen molar-refractivity contribution in [3.8, 4) is 5.69 Å². The third-order valence-electron chi connectivity index (χ3n) is 5.01. The number of aryl methyl sites for hydroxylation is 1. The third kappa shape index (κ3) is 4.54. The second kappa shape index (κ2) is 8.31. The quantitative estimate of drug-likeness (QED) is 0.628. The Bertz CT molecular complexity index is 1020. The molecule has 1 amide bonds. The van der Waals surface area contributed by atoms with Crippen molar-refractivity contribution in [2.75, 3.05) is 6.61 Å². The molecule has 0 atom stereocenters. The molecule has 1 fully saturated rings. The Morgan fingerprint density at radius 1 is 1.10 bits per heavy atom. The largest absolute Gasteiger partial charge is 0.451 e. The molecule has 0 spiro atoms. The minimum Gasteiger partial charge on any atom is -0.451 e. The number of nitrogens with zero attached hydrogens (tertiary/aromatic N) is 2. The molecule has 4 rings (SSSR count). The van der Waals surface area contributed by atoms with Gasteiger partial charge in [-0.1, -0.05) is 42.5 Å². The van der Waals surface area contributed by atoms with Crippen LogP contribution in [0.3, 0.4) is 0 Å². The standard InChI is InChI=1S/C23H23N3O3/c1-16-7-5-6-8-18(16)14-24-22(27)15-29-23(28)21-13-20(17-11-12-17)25-26(21)19-9-3-2-4-10-19/h2-10,13,17H,11-12,14-15H2,1H3,(H,24,27). The number of carbonyl (C=O) groups is 2. The van der Waals surface area contributed by atoms with E-state index in [0.29, 0.717) is 18.2 Å². The first-order valence-electron chi connectivity index (χ1n) is 9.75. The average molecular weight is 389 g/mol. The lowest BCUT2D eigenvalue weighted by atomic mass is 10.1. The van der Waals surface area contributed by atoms with Crippen molar-refractivity contribution in [3.63, 3.8) is 0 Å². The SMILES string of the molecule is Cc1ccccc1CNC(=O)COC(=O)c1cc(C2CC2)nn1-c1ccccc1. The van der Waals surface area contributed by atoms with Crippen LogP contribution < -0.4 is 5.32 Å². The molecule has 1 aliphatic carbocycles. The number of nitrogens with one attached hydrogen (secondary N) is 1. The lowest BCUT2D eigenvalue weighted by Gasteiger charge is -2.09. The molecular formula is C23H23N3O3. The van der Waals surface area contributed by atoms with E-state index in [1.54, 1.807) is 10.7 Å². The predicted octanol–water partition coefficient (Wildman–Crippen LogP) is 3.53. The number of para-hydroxylation sites is 1. The maximum Gasteiger partial charge on any atom is 0.357 e. The van der Waals surface area contributed by atoms with Crippen LogP contribution in [0.15, 0.2) is 60.7 Å². The smallest absolute Gasteiger partial charge is 0.357 e. The first kappa shape index (κ1) is 18.9. The van der Waals surface area contributed by atoms with Gasteiger partial charge in [-0.15, -0.1) is 0 Å². The Hall–Kier alpha value is -3.41. The summed E-state index contributed by atoms with van der Waals surface area (Å²) in [5, 5.41) is 7.38. The Morgan fingerprint density at radius 3 is 2.55 bits per heavy atom. The van der Waals surface area contributed by atoms with E-state index in [0.717, 1.165) is 35.3 Å². The summed E-state index contributed by atoms with van der Waals surface area (Å²) in [6.07, 6.45) is 2.17. The fraction of sp³-hybridized carbons (Fsp3) is 0.261. The Labute approximate surface area is 169 Å². The van der Waals surface area contributed by atoms with Crippen LogP contribution in [-0.4, -0.2) is 28.3 Å². The summed E-state index contributed by atoms with van der Waals surface area (Å²) in [7, 11) is 0. The van der Waals surface area contributed by atoms with Crippen molar-refractivity contribution in [1.29, 1.82) is 0 Å². The van der Waals surface area contributed by atoms with E-state index >= 15 is 0 Å². The highest BCUT2D eigenvalue weighted by molar-refractivity contribution is 5.90. The maximum absolute atomic E-state index is 12.7. The Balaban J connectivity index is 1.40. The first-order chi connectivity index (χ1) is 14.1. The van der Waals surface area contributed by atoms with Gasteiger partial charge in [0, 0.05) is 12.5 Å². The number of hydrogen-bond acceptors (Lipinski definition) is 4. The molecule has 29 heavy (non-hydrogen) atoms. The number of esters is 1. The lowest BCUT2D eigenvalue weighted by molar-refractivity contribution is -0.124. The molecule has 1 heterocycles. The molecule has 3 aromatic rings. The highest BCUT2D eigenvalue weighted by Gasteiger charge is 2.29. The number of amides is 1. The molecule has 0 radical (unpaired) electrons. The van der Waals surface area contributed by atoms with Crippen LogP contribution >= 0.6 is 0 Å². The second-order valence-corrected chi connectivity index (χ2v) is 7.26. The molecule has 1 aromatic heterocycles. The van der Waals surface area contributed by atoms with Gasteiger partial charge in [-0.2, -0.15) is 5.10 Å². The minimum atomic E-state index is -0.556. The van der Waals surface area contributed by atoms with Gasteiger partial charge in [0.25, 0.3) is 5.91 Å². The van der Waals surface area contributed by atoms with Crippen LogP contribution in [0.2, 0.25) is 0 Å². The summed E-state index contributed by atoms with van der Waals surface area (Å²) in [4.78, 5) is 24.8. The summed E-state index contributed by atoms with van der Waals surface area (Å²) >= 11 is 0. The van der Waals surface area contributed by atoms with Gasteiger partial charge in [-0.25, -0.2) is 9.48 Å². The Kier molecular flexibility index (Phi) is 5.42. The van der Waals surface area contributed by atoms with Crippen LogP contribution in [0.5, 0.6) is 0 Å². The van der Waals surface area contributed by atoms with E-state index in [9.17, 15) is 9.59 Å². The molecule has 1 saturated carbocycles. The van der Waals surface area contributed by atoms with Crippen LogP contribution in [-0.2, 0) is 16.1 Å². The number of carbonyl (C=O) groups excluding carboxylic acids is 2. The van der Waals surface area contributed by atoms with Crippen molar-refractivity contribution < 1.29 is 14.3 Å². The van der Waals surface area contributed by atoms with E-state index in [1.807, 2.05) is 61.5 Å². The van der Waals surface area contributed by atoms with Crippen molar-refractivity contribution in [2.24, 2.45) is 0 Å². The van der Waals surface area contributed by atoms with Gasteiger partial charge in [0.15, 0.2) is 12.3 Å². The monoisotopic (exact) mass is 389 g/mol. The van der Waals surface area contributed by atoms with E-state index < -0.39 is 5.97 Å². The zero-order chi connectivity index (χ0) is 20.2. The highest BCUT2D eigenvalue weighted by atomic mass is 16.5. The van der Waals surface area contributed by atoms with Gasteiger partial charge < -0.3 is 10.1 Å².